The summed E-state index contributed by atoms with van der Waals surface area (Å²) < 4.78 is 5.69. The van der Waals surface area contributed by atoms with Gasteiger partial charge < -0.3 is 15.2 Å². The second-order valence-corrected chi connectivity index (χ2v) is 6.15. The maximum absolute atomic E-state index is 12.2. The van der Waals surface area contributed by atoms with Crippen molar-refractivity contribution >= 4 is 33.8 Å². The van der Waals surface area contributed by atoms with Gasteiger partial charge in [0.25, 0.3) is 0 Å². The lowest BCUT2D eigenvalue weighted by molar-refractivity contribution is -0.139. The van der Waals surface area contributed by atoms with Crippen LogP contribution < -0.4 is 5.32 Å². The molecule has 0 radical (unpaired) electrons. The minimum atomic E-state index is -1.37. The minimum absolute atomic E-state index is 0.0125. The maximum atomic E-state index is 12.2. The average Bonchev–Trinajstić information content (AvgIpc) is 2.60. The number of Topliss-reactive ketones (excluding diaryl/α,β-unsaturated/α-hetero) is 1. The molecular formula is C18H16BrNO5. The predicted molar refractivity (Wildman–Crippen MR) is 94.3 cm³/mol. The second-order valence-electron chi connectivity index (χ2n) is 5.23. The predicted octanol–water partition coefficient (Wildman–Crippen LogP) is 3.40. The van der Waals surface area contributed by atoms with Crippen LogP contribution in [-0.4, -0.2) is 29.0 Å². The van der Waals surface area contributed by atoms with E-state index < -0.39 is 23.9 Å². The van der Waals surface area contributed by atoms with Crippen molar-refractivity contribution in [2.24, 2.45) is 0 Å². The molecule has 0 fully saturated rings. The summed E-state index contributed by atoms with van der Waals surface area (Å²) in [5.41, 5.74) is 1.13. The molecule has 0 aromatic heterocycles. The molecule has 0 heterocycles. The van der Waals surface area contributed by atoms with Gasteiger partial charge in [0.05, 0.1) is 0 Å². The van der Waals surface area contributed by atoms with E-state index in [2.05, 4.69) is 21.2 Å². The van der Waals surface area contributed by atoms with Crippen LogP contribution in [-0.2, 0) is 16.1 Å². The lowest BCUT2D eigenvalue weighted by Gasteiger charge is -2.14. The maximum Gasteiger partial charge on any atom is 0.408 e. The van der Waals surface area contributed by atoms with Gasteiger partial charge in [-0.3, -0.25) is 4.79 Å². The summed E-state index contributed by atoms with van der Waals surface area (Å²) in [6.45, 7) is 0.0125. The van der Waals surface area contributed by atoms with Gasteiger partial charge in [0.1, 0.15) is 12.6 Å². The fourth-order valence-corrected chi connectivity index (χ4v) is 2.47. The van der Waals surface area contributed by atoms with E-state index in [1.807, 2.05) is 6.07 Å². The molecule has 2 aromatic rings. The Balaban J connectivity index is 1.92. The zero-order chi connectivity index (χ0) is 18.2. The van der Waals surface area contributed by atoms with E-state index >= 15 is 0 Å². The highest BCUT2D eigenvalue weighted by atomic mass is 79.9. The molecule has 0 bridgehead atoms. The Hall–Kier alpha value is -2.67. The van der Waals surface area contributed by atoms with Crippen molar-refractivity contribution in [2.45, 2.75) is 19.1 Å². The number of hydrogen-bond donors (Lipinski definition) is 2. The van der Waals surface area contributed by atoms with Crippen molar-refractivity contribution in [2.75, 3.05) is 0 Å². The molecule has 0 spiro atoms. The number of aliphatic carboxylic acids is 1. The number of alkyl carbamates (subject to hydrolysis) is 1. The number of rotatable bonds is 7. The number of nitrogens with one attached hydrogen (secondary N) is 1. The number of ketones is 1. The monoisotopic (exact) mass is 405 g/mol. The summed E-state index contributed by atoms with van der Waals surface area (Å²) in [4.78, 5) is 35.3. The van der Waals surface area contributed by atoms with E-state index in [1.54, 1.807) is 48.5 Å². The van der Waals surface area contributed by atoms with Gasteiger partial charge in [-0.05, 0) is 17.7 Å². The van der Waals surface area contributed by atoms with Crippen molar-refractivity contribution in [3.63, 3.8) is 0 Å². The zero-order valence-electron chi connectivity index (χ0n) is 13.1. The third-order valence-electron chi connectivity index (χ3n) is 3.34. The zero-order valence-corrected chi connectivity index (χ0v) is 14.7. The van der Waals surface area contributed by atoms with Crippen molar-refractivity contribution in [3.05, 3.63) is 70.2 Å². The first kappa shape index (κ1) is 18.7. The van der Waals surface area contributed by atoms with Crippen LogP contribution in [0.4, 0.5) is 4.79 Å². The molecule has 1 atom stereocenters. The topological polar surface area (TPSA) is 92.7 Å². The largest absolute Gasteiger partial charge is 0.480 e. The summed E-state index contributed by atoms with van der Waals surface area (Å²) in [5, 5.41) is 11.4. The number of ether oxygens (including phenoxy) is 1. The lowest BCUT2D eigenvalue weighted by atomic mass is 10.0. The molecule has 2 rings (SSSR count). The van der Waals surface area contributed by atoms with Crippen molar-refractivity contribution < 1.29 is 24.2 Å². The Morgan fingerprint density at radius 3 is 2.44 bits per heavy atom. The van der Waals surface area contributed by atoms with Gasteiger partial charge in [-0.1, -0.05) is 58.4 Å². The quantitative estimate of drug-likeness (QED) is 0.688. The third kappa shape index (κ3) is 6.04. The van der Waals surface area contributed by atoms with E-state index in [0.29, 0.717) is 10.0 Å². The Morgan fingerprint density at radius 2 is 1.80 bits per heavy atom. The number of halogens is 1. The number of amides is 1. The summed E-state index contributed by atoms with van der Waals surface area (Å²) in [6, 6.07) is 14.2. The van der Waals surface area contributed by atoms with Gasteiger partial charge in [0.2, 0.25) is 0 Å². The normalized spacial score (nSPS) is 11.4. The van der Waals surface area contributed by atoms with E-state index in [4.69, 9.17) is 4.74 Å². The third-order valence-corrected chi connectivity index (χ3v) is 3.83. The van der Waals surface area contributed by atoms with Crippen molar-refractivity contribution in [1.82, 2.24) is 5.32 Å². The summed E-state index contributed by atoms with van der Waals surface area (Å²) in [5.74, 6) is -1.70. The highest BCUT2D eigenvalue weighted by Gasteiger charge is 2.24. The number of carbonyl (C=O) groups is 3. The molecule has 1 unspecified atom stereocenters. The van der Waals surface area contributed by atoms with Crippen LogP contribution in [0.25, 0.3) is 0 Å². The summed E-state index contributed by atoms with van der Waals surface area (Å²) in [6.07, 6.45) is -1.26. The lowest BCUT2D eigenvalue weighted by Crippen LogP contribution is -2.42. The number of carbonyl (C=O) groups excluding carboxylic acids is 2. The number of hydrogen-bond acceptors (Lipinski definition) is 4. The van der Waals surface area contributed by atoms with Crippen LogP contribution in [0.15, 0.2) is 59.1 Å². The van der Waals surface area contributed by atoms with Gasteiger partial charge in [-0.15, -0.1) is 0 Å². The van der Waals surface area contributed by atoms with E-state index in [9.17, 15) is 19.5 Å². The van der Waals surface area contributed by atoms with Crippen LogP contribution >= 0.6 is 15.9 Å². The molecule has 0 saturated carbocycles. The Labute approximate surface area is 152 Å². The van der Waals surface area contributed by atoms with Gasteiger partial charge in [0.15, 0.2) is 5.78 Å². The van der Waals surface area contributed by atoms with Crippen LogP contribution in [0.5, 0.6) is 0 Å². The van der Waals surface area contributed by atoms with Gasteiger partial charge in [0, 0.05) is 16.5 Å². The fraction of sp³-hybridized carbons (Fsp3) is 0.167. The standard InChI is InChI=1S/C18H16BrNO5/c19-14-8-4-7-13(9-14)16(21)10-15(17(22)23)20-18(24)25-11-12-5-2-1-3-6-12/h1-9,15H,10-11H2,(H,20,24)(H,22,23). The SMILES string of the molecule is O=C(NC(CC(=O)c1cccc(Br)c1)C(=O)O)OCc1ccccc1. The van der Waals surface area contributed by atoms with Crippen molar-refractivity contribution in [3.8, 4) is 0 Å². The highest BCUT2D eigenvalue weighted by Crippen LogP contribution is 2.14. The molecule has 1 amide bonds. The number of benzene rings is 2. The molecular weight excluding hydrogens is 390 g/mol. The number of carboxylic acid groups (broad SMARTS) is 1. The highest BCUT2D eigenvalue weighted by molar-refractivity contribution is 9.10. The molecule has 130 valence electrons. The van der Waals surface area contributed by atoms with E-state index in [1.165, 1.54) is 0 Å². The average molecular weight is 406 g/mol. The minimum Gasteiger partial charge on any atom is -0.480 e. The summed E-state index contributed by atoms with van der Waals surface area (Å²) >= 11 is 3.25. The molecule has 0 aliphatic carbocycles. The Bertz CT molecular complexity index is 763. The smallest absolute Gasteiger partial charge is 0.408 e. The molecule has 25 heavy (non-hydrogen) atoms. The van der Waals surface area contributed by atoms with Crippen LogP contribution in [0.3, 0.4) is 0 Å². The van der Waals surface area contributed by atoms with Crippen LogP contribution in [0.2, 0.25) is 0 Å². The molecule has 0 aliphatic rings. The Kier molecular flexibility index (Phi) is 6.71. The Morgan fingerprint density at radius 1 is 1.08 bits per heavy atom. The van der Waals surface area contributed by atoms with Crippen LogP contribution in [0.1, 0.15) is 22.3 Å². The second kappa shape index (κ2) is 8.98. The van der Waals surface area contributed by atoms with E-state index in [-0.39, 0.29) is 13.0 Å². The molecule has 6 nitrogen and oxygen atoms in total. The molecule has 0 aliphatic heterocycles. The first-order valence-corrected chi connectivity index (χ1v) is 8.24. The molecule has 2 aromatic carbocycles. The first-order chi connectivity index (χ1) is 12.0. The fourth-order valence-electron chi connectivity index (χ4n) is 2.07. The molecule has 7 heteroatoms. The molecule has 2 N–H and O–H groups in total. The summed E-state index contributed by atoms with van der Waals surface area (Å²) in [7, 11) is 0. The van der Waals surface area contributed by atoms with E-state index in [0.717, 1.165) is 5.56 Å². The van der Waals surface area contributed by atoms with Crippen LogP contribution in [0, 0.1) is 0 Å². The van der Waals surface area contributed by atoms with Gasteiger partial charge >= 0.3 is 12.1 Å². The van der Waals surface area contributed by atoms with Crippen molar-refractivity contribution in [1.29, 1.82) is 0 Å². The van der Waals surface area contributed by atoms with Gasteiger partial charge in [-0.25, -0.2) is 9.59 Å². The molecule has 0 saturated heterocycles. The van der Waals surface area contributed by atoms with Gasteiger partial charge in [-0.2, -0.15) is 0 Å². The first-order valence-electron chi connectivity index (χ1n) is 7.44. The number of carboxylic acids is 1.